The number of aromatic nitrogens is 4. The number of anilines is 1. The number of nitrogens with one attached hydrogen (secondary N) is 1. The first kappa shape index (κ1) is 17.6. The van der Waals surface area contributed by atoms with Crippen molar-refractivity contribution in [2.24, 2.45) is 0 Å². The summed E-state index contributed by atoms with van der Waals surface area (Å²) >= 11 is 0. The lowest BCUT2D eigenvalue weighted by Crippen LogP contribution is -2.15. The van der Waals surface area contributed by atoms with Gasteiger partial charge in [-0.2, -0.15) is 0 Å². The van der Waals surface area contributed by atoms with Gasteiger partial charge in [-0.1, -0.05) is 54.6 Å². The molecule has 0 aliphatic rings. The number of hydrogen-bond acceptors (Lipinski definition) is 4. The van der Waals surface area contributed by atoms with Crippen LogP contribution in [0.4, 0.5) is 5.69 Å². The van der Waals surface area contributed by atoms with Crippen molar-refractivity contribution in [3.8, 4) is 5.69 Å². The van der Waals surface area contributed by atoms with E-state index in [2.05, 4.69) is 33.0 Å². The third-order valence-electron chi connectivity index (χ3n) is 4.51. The molecule has 0 aliphatic carbocycles. The van der Waals surface area contributed by atoms with Crippen LogP contribution >= 0.6 is 0 Å². The van der Waals surface area contributed by atoms with Gasteiger partial charge in [-0.3, -0.25) is 4.79 Å². The Hall–Kier alpha value is -3.80. The van der Waals surface area contributed by atoms with E-state index < -0.39 is 0 Å². The molecule has 1 N–H and O–H groups in total. The second-order valence-corrected chi connectivity index (χ2v) is 6.40. The van der Waals surface area contributed by atoms with Crippen LogP contribution in [0, 0.1) is 0 Å². The Morgan fingerprint density at radius 2 is 1.71 bits per heavy atom. The molecule has 0 saturated carbocycles. The number of carbonyl (C=O) groups excluding carboxylic acids is 1. The topological polar surface area (TPSA) is 72.7 Å². The van der Waals surface area contributed by atoms with Crippen LogP contribution in [0.2, 0.25) is 0 Å². The van der Waals surface area contributed by atoms with Gasteiger partial charge >= 0.3 is 0 Å². The van der Waals surface area contributed by atoms with Crippen molar-refractivity contribution < 1.29 is 4.79 Å². The molecule has 0 fully saturated rings. The lowest BCUT2D eigenvalue weighted by molar-refractivity contribution is 0.102. The number of nitrogens with zero attached hydrogens (tertiary/aromatic N) is 4. The molecule has 1 aromatic heterocycles. The van der Waals surface area contributed by atoms with Crippen molar-refractivity contribution in [1.29, 1.82) is 0 Å². The van der Waals surface area contributed by atoms with E-state index >= 15 is 0 Å². The van der Waals surface area contributed by atoms with Crippen LogP contribution in [-0.4, -0.2) is 26.1 Å². The summed E-state index contributed by atoms with van der Waals surface area (Å²) in [4.78, 5) is 12.9. The van der Waals surface area contributed by atoms with Gasteiger partial charge in [0.2, 0.25) is 0 Å². The predicted octanol–water partition coefficient (Wildman–Crippen LogP) is 3.70. The van der Waals surface area contributed by atoms with E-state index in [1.807, 2.05) is 66.7 Å². The number of carbonyl (C=O) groups is 1. The summed E-state index contributed by atoms with van der Waals surface area (Å²) in [7, 11) is 0. The molecule has 6 nitrogen and oxygen atoms in total. The summed E-state index contributed by atoms with van der Waals surface area (Å²) in [5.41, 5.74) is 4.44. The average Bonchev–Trinajstić information content (AvgIpc) is 3.28. The summed E-state index contributed by atoms with van der Waals surface area (Å²) in [5, 5.41) is 14.1. The molecular weight excluding hydrogens is 350 g/mol. The van der Waals surface area contributed by atoms with Crippen LogP contribution in [0.15, 0.2) is 85.2 Å². The molecule has 3 aromatic carbocycles. The smallest absolute Gasteiger partial charge is 0.255 e. The molecule has 0 unspecified atom stereocenters. The van der Waals surface area contributed by atoms with Gasteiger partial charge in [-0.25, -0.2) is 4.68 Å². The number of rotatable bonds is 6. The molecule has 1 heterocycles. The molecule has 0 aliphatic heterocycles. The lowest BCUT2D eigenvalue weighted by Gasteiger charge is -2.11. The first-order valence-electron chi connectivity index (χ1n) is 9.06. The van der Waals surface area contributed by atoms with Crippen molar-refractivity contribution in [2.45, 2.75) is 12.8 Å². The standard InChI is InChI=1S/C22H19N5O/c28-22(24-19-10-6-11-20(15-19)27-16-23-25-26-27)21-12-5-4-9-18(21)14-13-17-7-2-1-3-8-17/h1-12,15-16H,13-14H2,(H,24,28). The van der Waals surface area contributed by atoms with Crippen molar-refractivity contribution in [3.63, 3.8) is 0 Å². The number of hydrogen-bond donors (Lipinski definition) is 1. The van der Waals surface area contributed by atoms with Crippen LogP contribution in [-0.2, 0) is 12.8 Å². The number of amides is 1. The molecule has 28 heavy (non-hydrogen) atoms. The van der Waals surface area contributed by atoms with Crippen LogP contribution < -0.4 is 5.32 Å². The van der Waals surface area contributed by atoms with Gasteiger partial charge in [0.1, 0.15) is 6.33 Å². The molecule has 6 heteroatoms. The van der Waals surface area contributed by atoms with Gasteiger partial charge in [0.15, 0.2) is 0 Å². The molecule has 4 aromatic rings. The highest BCUT2D eigenvalue weighted by molar-refractivity contribution is 6.05. The molecule has 0 radical (unpaired) electrons. The van der Waals surface area contributed by atoms with E-state index in [9.17, 15) is 4.79 Å². The summed E-state index contributed by atoms with van der Waals surface area (Å²) in [6, 6.07) is 25.4. The van der Waals surface area contributed by atoms with Crippen molar-refractivity contribution in [1.82, 2.24) is 20.2 Å². The maximum atomic E-state index is 12.9. The Bertz CT molecular complexity index is 1060. The Labute approximate surface area is 162 Å². The van der Waals surface area contributed by atoms with Gasteiger partial charge in [-0.15, -0.1) is 5.10 Å². The van der Waals surface area contributed by atoms with Gasteiger partial charge in [0.25, 0.3) is 5.91 Å². The molecule has 138 valence electrons. The largest absolute Gasteiger partial charge is 0.322 e. The quantitative estimate of drug-likeness (QED) is 0.562. The minimum Gasteiger partial charge on any atom is -0.322 e. The summed E-state index contributed by atoms with van der Waals surface area (Å²) < 4.78 is 1.55. The van der Waals surface area contributed by atoms with Gasteiger partial charge in [0.05, 0.1) is 5.69 Å². The zero-order valence-corrected chi connectivity index (χ0v) is 15.2. The third-order valence-corrected chi connectivity index (χ3v) is 4.51. The van der Waals surface area contributed by atoms with Gasteiger partial charge in [-0.05, 0) is 58.7 Å². The van der Waals surface area contributed by atoms with Crippen LogP contribution in [0.3, 0.4) is 0 Å². The highest BCUT2D eigenvalue weighted by Gasteiger charge is 2.12. The second-order valence-electron chi connectivity index (χ2n) is 6.40. The van der Waals surface area contributed by atoms with Crippen LogP contribution in [0.25, 0.3) is 5.69 Å². The van der Waals surface area contributed by atoms with E-state index in [4.69, 9.17) is 0 Å². The molecule has 0 bridgehead atoms. The fraction of sp³-hybridized carbons (Fsp3) is 0.0909. The Morgan fingerprint density at radius 1 is 0.893 bits per heavy atom. The first-order chi connectivity index (χ1) is 13.8. The normalized spacial score (nSPS) is 10.6. The lowest BCUT2D eigenvalue weighted by atomic mass is 9.99. The third kappa shape index (κ3) is 4.12. The molecule has 0 spiro atoms. The van der Waals surface area contributed by atoms with E-state index in [-0.39, 0.29) is 5.91 Å². The zero-order chi connectivity index (χ0) is 19.2. The Balaban J connectivity index is 1.50. The Morgan fingerprint density at radius 3 is 2.54 bits per heavy atom. The maximum absolute atomic E-state index is 12.9. The molecule has 0 atom stereocenters. The fourth-order valence-electron chi connectivity index (χ4n) is 3.09. The molecule has 4 rings (SSSR count). The van der Waals surface area contributed by atoms with Crippen molar-refractivity contribution in [2.75, 3.05) is 5.32 Å². The first-order valence-corrected chi connectivity index (χ1v) is 9.06. The average molecular weight is 369 g/mol. The van der Waals surface area contributed by atoms with Crippen molar-refractivity contribution >= 4 is 11.6 Å². The number of aryl methyl sites for hydroxylation is 2. The molecule has 0 saturated heterocycles. The summed E-state index contributed by atoms with van der Waals surface area (Å²) in [5.74, 6) is -0.127. The van der Waals surface area contributed by atoms with E-state index in [0.29, 0.717) is 11.3 Å². The SMILES string of the molecule is O=C(Nc1cccc(-n2cnnn2)c1)c1ccccc1CCc1ccccc1. The second kappa shape index (κ2) is 8.26. The van der Waals surface area contributed by atoms with E-state index in [1.165, 1.54) is 11.9 Å². The minimum atomic E-state index is -0.127. The number of tetrazole rings is 1. The van der Waals surface area contributed by atoms with Gasteiger partial charge < -0.3 is 5.32 Å². The molecule has 1 amide bonds. The predicted molar refractivity (Wildman–Crippen MR) is 107 cm³/mol. The summed E-state index contributed by atoms with van der Waals surface area (Å²) in [6.45, 7) is 0. The number of benzene rings is 3. The molecular formula is C22H19N5O. The van der Waals surface area contributed by atoms with Crippen LogP contribution in [0.1, 0.15) is 21.5 Å². The highest BCUT2D eigenvalue weighted by atomic mass is 16.1. The van der Waals surface area contributed by atoms with Crippen LogP contribution in [0.5, 0.6) is 0 Å². The van der Waals surface area contributed by atoms with Crippen molar-refractivity contribution in [3.05, 3.63) is 102 Å². The zero-order valence-electron chi connectivity index (χ0n) is 15.2. The highest BCUT2D eigenvalue weighted by Crippen LogP contribution is 2.17. The maximum Gasteiger partial charge on any atom is 0.255 e. The van der Waals surface area contributed by atoms with E-state index in [0.717, 1.165) is 24.1 Å². The fourth-order valence-corrected chi connectivity index (χ4v) is 3.09. The minimum absolute atomic E-state index is 0.127. The van der Waals surface area contributed by atoms with E-state index in [1.54, 1.807) is 4.68 Å². The summed E-state index contributed by atoms with van der Waals surface area (Å²) in [6.07, 6.45) is 3.21. The monoisotopic (exact) mass is 369 g/mol. The van der Waals surface area contributed by atoms with Gasteiger partial charge in [0, 0.05) is 11.3 Å². The Kier molecular flexibility index (Phi) is 5.20.